The fraction of sp³-hybridized carbons (Fsp3) is 0.750. The monoisotopic (exact) mass is 224 g/mol. The van der Waals surface area contributed by atoms with Gasteiger partial charge in [0.2, 0.25) is 0 Å². The summed E-state index contributed by atoms with van der Waals surface area (Å²) in [5.74, 6) is 1.77. The summed E-state index contributed by atoms with van der Waals surface area (Å²) in [6, 6.07) is 0.719. The molecule has 3 atom stereocenters. The van der Waals surface area contributed by atoms with E-state index in [0.717, 1.165) is 24.4 Å². The van der Waals surface area contributed by atoms with Crippen LogP contribution in [0.2, 0.25) is 0 Å². The summed E-state index contributed by atoms with van der Waals surface area (Å²) in [6.45, 7) is 5.70. The van der Waals surface area contributed by atoms with Crippen molar-refractivity contribution in [3.05, 3.63) is 16.6 Å². The van der Waals surface area contributed by atoms with E-state index in [-0.39, 0.29) is 0 Å². The highest BCUT2D eigenvalue weighted by molar-refractivity contribution is 7.09. The first-order valence-corrected chi connectivity index (χ1v) is 6.80. The molecule has 2 nitrogen and oxygen atoms in total. The molecule has 1 aliphatic carbocycles. The van der Waals surface area contributed by atoms with Gasteiger partial charge in [-0.15, -0.1) is 11.3 Å². The zero-order valence-electron chi connectivity index (χ0n) is 9.57. The first-order chi connectivity index (χ1) is 7.31. The van der Waals surface area contributed by atoms with E-state index in [0.29, 0.717) is 0 Å². The minimum atomic E-state index is 0.719. The Morgan fingerprint density at radius 3 is 3.00 bits per heavy atom. The van der Waals surface area contributed by atoms with Gasteiger partial charge in [0.1, 0.15) is 0 Å². The predicted molar refractivity (Wildman–Crippen MR) is 64.9 cm³/mol. The molecule has 0 bridgehead atoms. The first-order valence-electron chi connectivity index (χ1n) is 5.92. The second-order valence-electron chi connectivity index (χ2n) is 4.56. The summed E-state index contributed by atoms with van der Waals surface area (Å²) in [6.07, 6.45) is 6.05. The van der Waals surface area contributed by atoms with E-state index in [9.17, 15) is 0 Å². The Morgan fingerprint density at radius 2 is 2.40 bits per heavy atom. The van der Waals surface area contributed by atoms with Gasteiger partial charge in [0.05, 0.1) is 5.51 Å². The fourth-order valence-electron chi connectivity index (χ4n) is 2.67. The van der Waals surface area contributed by atoms with Gasteiger partial charge in [-0.25, -0.2) is 0 Å². The van der Waals surface area contributed by atoms with Crippen LogP contribution in [0.1, 0.15) is 38.0 Å². The molecule has 0 radical (unpaired) electrons. The zero-order chi connectivity index (χ0) is 10.7. The molecule has 1 aliphatic rings. The van der Waals surface area contributed by atoms with Gasteiger partial charge in [-0.2, -0.15) is 0 Å². The van der Waals surface area contributed by atoms with Crippen molar-refractivity contribution in [3.63, 3.8) is 0 Å². The number of hydrogen-bond acceptors (Lipinski definition) is 3. The van der Waals surface area contributed by atoms with Crippen LogP contribution >= 0.6 is 11.3 Å². The Kier molecular flexibility index (Phi) is 3.76. The molecular formula is C12H20N2S. The highest BCUT2D eigenvalue weighted by Crippen LogP contribution is 2.33. The van der Waals surface area contributed by atoms with E-state index < -0.39 is 0 Å². The van der Waals surface area contributed by atoms with E-state index in [1.54, 1.807) is 11.3 Å². The maximum atomic E-state index is 4.10. The quantitative estimate of drug-likeness (QED) is 0.850. The molecule has 84 valence electrons. The van der Waals surface area contributed by atoms with Crippen molar-refractivity contribution >= 4 is 11.3 Å². The maximum Gasteiger partial charge on any atom is 0.0794 e. The lowest BCUT2D eigenvalue weighted by Crippen LogP contribution is -2.31. The fourth-order valence-corrected chi connectivity index (χ4v) is 3.22. The molecule has 0 spiro atoms. The van der Waals surface area contributed by atoms with Crippen LogP contribution in [-0.2, 0) is 6.54 Å². The van der Waals surface area contributed by atoms with Gasteiger partial charge in [-0.3, -0.25) is 4.98 Å². The lowest BCUT2D eigenvalue weighted by molar-refractivity contribution is 0.345. The standard InChI is InChI=1S/C12H20N2S/c1-3-10-4-5-12(9(10)2)14-7-11-6-13-8-15-11/h6,8-10,12,14H,3-5,7H2,1-2H3. The van der Waals surface area contributed by atoms with Gasteiger partial charge in [0.15, 0.2) is 0 Å². The number of rotatable bonds is 4. The molecule has 15 heavy (non-hydrogen) atoms. The Balaban J connectivity index is 1.81. The lowest BCUT2D eigenvalue weighted by Gasteiger charge is -2.20. The van der Waals surface area contributed by atoms with Crippen molar-refractivity contribution in [3.8, 4) is 0 Å². The van der Waals surface area contributed by atoms with Crippen molar-refractivity contribution in [1.29, 1.82) is 0 Å². The molecule has 1 N–H and O–H groups in total. The average Bonchev–Trinajstić information content (AvgIpc) is 2.85. The molecule has 3 heteroatoms. The van der Waals surface area contributed by atoms with Gasteiger partial charge in [-0.05, 0) is 24.7 Å². The zero-order valence-corrected chi connectivity index (χ0v) is 10.4. The molecule has 1 fully saturated rings. The van der Waals surface area contributed by atoms with Crippen molar-refractivity contribution < 1.29 is 0 Å². The minimum absolute atomic E-state index is 0.719. The third kappa shape index (κ3) is 2.58. The van der Waals surface area contributed by atoms with Crippen molar-refractivity contribution in [1.82, 2.24) is 10.3 Å². The minimum Gasteiger partial charge on any atom is -0.309 e. The summed E-state index contributed by atoms with van der Waals surface area (Å²) < 4.78 is 0. The SMILES string of the molecule is CCC1CCC(NCc2cncs2)C1C. The second-order valence-corrected chi connectivity index (χ2v) is 5.53. The molecule has 0 amide bonds. The molecule has 1 heterocycles. The first kappa shape index (κ1) is 11.1. The van der Waals surface area contributed by atoms with Crippen LogP contribution in [0.4, 0.5) is 0 Å². The maximum absolute atomic E-state index is 4.10. The molecule has 1 aromatic rings. The number of nitrogens with zero attached hydrogens (tertiary/aromatic N) is 1. The molecule has 3 unspecified atom stereocenters. The summed E-state index contributed by atoms with van der Waals surface area (Å²) >= 11 is 1.74. The van der Waals surface area contributed by atoms with E-state index in [4.69, 9.17) is 0 Å². The summed E-state index contributed by atoms with van der Waals surface area (Å²) in [7, 11) is 0. The number of thiazole rings is 1. The molecular weight excluding hydrogens is 204 g/mol. The predicted octanol–water partition coefficient (Wildman–Crippen LogP) is 3.06. The smallest absolute Gasteiger partial charge is 0.0794 e. The highest BCUT2D eigenvalue weighted by atomic mass is 32.1. The van der Waals surface area contributed by atoms with Crippen LogP contribution in [0.3, 0.4) is 0 Å². The second kappa shape index (κ2) is 5.08. The molecule has 1 saturated carbocycles. The lowest BCUT2D eigenvalue weighted by atomic mass is 9.93. The Labute approximate surface area is 96.1 Å². The van der Waals surface area contributed by atoms with Gasteiger partial charge in [0.25, 0.3) is 0 Å². The van der Waals surface area contributed by atoms with E-state index in [2.05, 4.69) is 24.1 Å². The van der Waals surface area contributed by atoms with Crippen LogP contribution in [-0.4, -0.2) is 11.0 Å². The van der Waals surface area contributed by atoms with Crippen LogP contribution in [0.25, 0.3) is 0 Å². The van der Waals surface area contributed by atoms with Gasteiger partial charge < -0.3 is 5.32 Å². The molecule has 0 aliphatic heterocycles. The van der Waals surface area contributed by atoms with Gasteiger partial charge >= 0.3 is 0 Å². The van der Waals surface area contributed by atoms with Crippen molar-refractivity contribution in [2.45, 2.75) is 45.7 Å². The number of hydrogen-bond donors (Lipinski definition) is 1. The van der Waals surface area contributed by atoms with Crippen LogP contribution in [0.15, 0.2) is 11.7 Å². The highest BCUT2D eigenvalue weighted by Gasteiger charge is 2.30. The summed E-state index contributed by atoms with van der Waals surface area (Å²) in [5, 5.41) is 3.67. The normalized spacial score (nSPS) is 30.9. The Morgan fingerprint density at radius 1 is 1.53 bits per heavy atom. The van der Waals surface area contributed by atoms with Crippen LogP contribution in [0.5, 0.6) is 0 Å². The van der Waals surface area contributed by atoms with Crippen LogP contribution < -0.4 is 5.32 Å². The third-order valence-corrected chi connectivity index (χ3v) is 4.55. The molecule has 0 aromatic carbocycles. The Bertz CT molecular complexity index is 284. The Hall–Kier alpha value is -0.410. The summed E-state index contributed by atoms with van der Waals surface area (Å²) in [5.41, 5.74) is 1.91. The average molecular weight is 224 g/mol. The van der Waals surface area contributed by atoms with E-state index in [1.807, 2.05) is 11.7 Å². The molecule has 0 saturated heterocycles. The number of nitrogens with one attached hydrogen (secondary N) is 1. The third-order valence-electron chi connectivity index (χ3n) is 3.77. The largest absolute Gasteiger partial charge is 0.309 e. The van der Waals surface area contributed by atoms with Gasteiger partial charge in [0, 0.05) is 23.7 Å². The molecule has 2 rings (SSSR count). The van der Waals surface area contributed by atoms with Crippen molar-refractivity contribution in [2.75, 3.05) is 0 Å². The summed E-state index contributed by atoms with van der Waals surface area (Å²) in [4.78, 5) is 5.45. The van der Waals surface area contributed by atoms with Crippen LogP contribution in [0, 0.1) is 11.8 Å². The van der Waals surface area contributed by atoms with E-state index in [1.165, 1.54) is 24.1 Å². The number of aromatic nitrogens is 1. The van der Waals surface area contributed by atoms with Gasteiger partial charge in [-0.1, -0.05) is 20.3 Å². The topological polar surface area (TPSA) is 24.9 Å². The van der Waals surface area contributed by atoms with Crippen molar-refractivity contribution in [2.24, 2.45) is 11.8 Å². The molecule has 1 aromatic heterocycles. The van der Waals surface area contributed by atoms with E-state index >= 15 is 0 Å².